The van der Waals surface area contributed by atoms with Gasteiger partial charge in [-0.25, -0.2) is 10.1 Å². The van der Waals surface area contributed by atoms with Crippen molar-refractivity contribution in [3.8, 4) is 22.5 Å². The van der Waals surface area contributed by atoms with Crippen LogP contribution in [0.3, 0.4) is 0 Å². The standard InChI is InChI=1S/C24H21N5OS/c1-2-25-23-26-20-9-5-6-10-21(20)29(23)15-16-11-13-17(14-12-16)18-7-3-4-8-19(18)22-27-24(31)30-28-22/h3-14H,2,15H2,1H3,(H,25,26)(H,27,28,31). The largest absolute Gasteiger partial charge is 0.356 e. The molecular weight excluding hydrogens is 406 g/mol. The van der Waals surface area contributed by atoms with Crippen molar-refractivity contribution < 1.29 is 4.52 Å². The number of aromatic nitrogens is 4. The third kappa shape index (κ3) is 3.75. The number of aromatic amines is 1. The summed E-state index contributed by atoms with van der Waals surface area (Å²) in [6.07, 6.45) is 0. The Morgan fingerprint density at radius 1 is 0.935 bits per heavy atom. The van der Waals surface area contributed by atoms with Crippen LogP contribution in [0.15, 0.2) is 77.3 Å². The van der Waals surface area contributed by atoms with E-state index < -0.39 is 0 Å². The molecule has 0 aliphatic carbocycles. The predicted octanol–water partition coefficient (Wildman–Crippen LogP) is 5.90. The van der Waals surface area contributed by atoms with Crippen molar-refractivity contribution in [2.24, 2.45) is 0 Å². The maximum Gasteiger partial charge on any atom is 0.314 e. The zero-order chi connectivity index (χ0) is 21.2. The molecule has 0 bridgehead atoms. The molecule has 0 saturated carbocycles. The lowest BCUT2D eigenvalue weighted by Crippen LogP contribution is -2.08. The number of fused-ring (bicyclic) bond motifs is 1. The second-order valence-electron chi connectivity index (χ2n) is 7.21. The highest BCUT2D eigenvalue weighted by Gasteiger charge is 2.12. The Labute approximate surface area is 184 Å². The van der Waals surface area contributed by atoms with Crippen LogP contribution in [-0.4, -0.2) is 26.2 Å². The number of benzene rings is 3. The van der Waals surface area contributed by atoms with Crippen LogP contribution in [0.25, 0.3) is 33.5 Å². The van der Waals surface area contributed by atoms with Gasteiger partial charge < -0.3 is 14.4 Å². The Kier molecular flexibility index (Phi) is 5.09. The number of hydrogen-bond donors (Lipinski definition) is 2. The maximum atomic E-state index is 5.12. The number of imidazole rings is 1. The van der Waals surface area contributed by atoms with E-state index in [0.717, 1.165) is 46.8 Å². The van der Waals surface area contributed by atoms with E-state index in [4.69, 9.17) is 21.7 Å². The average molecular weight is 428 g/mol. The Morgan fingerprint density at radius 2 is 1.68 bits per heavy atom. The molecule has 0 unspecified atom stereocenters. The summed E-state index contributed by atoms with van der Waals surface area (Å²) >= 11 is 5.01. The molecule has 0 aliphatic heterocycles. The number of H-pyrrole nitrogens is 1. The lowest BCUT2D eigenvalue weighted by molar-refractivity contribution is 0.406. The van der Waals surface area contributed by atoms with Crippen LogP contribution in [0, 0.1) is 4.84 Å². The minimum absolute atomic E-state index is 0.198. The lowest BCUT2D eigenvalue weighted by atomic mass is 9.98. The number of hydrogen-bond acceptors (Lipinski definition) is 5. The van der Waals surface area contributed by atoms with Crippen molar-refractivity contribution in [3.05, 3.63) is 83.2 Å². The van der Waals surface area contributed by atoms with Gasteiger partial charge in [0.25, 0.3) is 0 Å². The van der Waals surface area contributed by atoms with Crippen LogP contribution in [0.4, 0.5) is 5.95 Å². The summed E-state index contributed by atoms with van der Waals surface area (Å²) in [5.74, 6) is 1.52. The van der Waals surface area contributed by atoms with Gasteiger partial charge in [0.15, 0.2) is 5.82 Å². The van der Waals surface area contributed by atoms with Crippen molar-refractivity contribution in [3.63, 3.8) is 0 Å². The Balaban J connectivity index is 1.48. The fourth-order valence-corrected chi connectivity index (χ4v) is 3.92. The first kappa shape index (κ1) is 19.3. The molecule has 2 N–H and O–H groups in total. The molecule has 0 amide bonds. The van der Waals surface area contributed by atoms with E-state index in [2.05, 4.69) is 63.3 Å². The monoisotopic (exact) mass is 427 g/mol. The molecule has 6 nitrogen and oxygen atoms in total. The van der Waals surface area contributed by atoms with E-state index >= 15 is 0 Å². The minimum Gasteiger partial charge on any atom is -0.356 e. The van der Waals surface area contributed by atoms with Gasteiger partial charge in [-0.1, -0.05) is 60.7 Å². The molecule has 0 saturated heterocycles. The van der Waals surface area contributed by atoms with Crippen LogP contribution < -0.4 is 5.32 Å². The predicted molar refractivity (Wildman–Crippen MR) is 126 cm³/mol. The van der Waals surface area contributed by atoms with E-state index in [1.807, 2.05) is 36.4 Å². The van der Waals surface area contributed by atoms with Gasteiger partial charge in [0.05, 0.1) is 17.6 Å². The molecule has 0 radical (unpaired) electrons. The van der Waals surface area contributed by atoms with Crippen molar-refractivity contribution in [2.75, 3.05) is 11.9 Å². The SMILES string of the molecule is CCNc1nc2ccccc2n1Cc1ccc(-c2ccccc2-c2nc(=S)o[nH]2)cc1. The number of para-hydroxylation sites is 2. The Bertz CT molecular complexity index is 1400. The van der Waals surface area contributed by atoms with Gasteiger partial charge in [-0.05, 0) is 48.0 Å². The zero-order valence-electron chi connectivity index (χ0n) is 17.0. The van der Waals surface area contributed by atoms with Crippen LogP contribution in [0.1, 0.15) is 12.5 Å². The van der Waals surface area contributed by atoms with Gasteiger partial charge >= 0.3 is 4.84 Å². The van der Waals surface area contributed by atoms with Crippen molar-refractivity contribution >= 4 is 29.2 Å². The van der Waals surface area contributed by atoms with Crippen LogP contribution in [0.2, 0.25) is 0 Å². The number of rotatable bonds is 6. The second kappa shape index (κ2) is 8.20. The second-order valence-corrected chi connectivity index (χ2v) is 7.56. The molecule has 7 heteroatoms. The highest BCUT2D eigenvalue weighted by Crippen LogP contribution is 2.30. The zero-order valence-corrected chi connectivity index (χ0v) is 17.8. The molecule has 154 valence electrons. The molecule has 31 heavy (non-hydrogen) atoms. The van der Waals surface area contributed by atoms with Crippen LogP contribution in [0.5, 0.6) is 0 Å². The molecular formula is C24H21N5OS. The number of nitrogens with one attached hydrogen (secondary N) is 2. The van der Waals surface area contributed by atoms with Gasteiger partial charge in [0.1, 0.15) is 0 Å². The van der Waals surface area contributed by atoms with Crippen molar-refractivity contribution in [1.82, 2.24) is 19.7 Å². The number of anilines is 1. The lowest BCUT2D eigenvalue weighted by Gasteiger charge is -2.11. The first-order valence-corrected chi connectivity index (χ1v) is 10.6. The minimum atomic E-state index is 0.198. The van der Waals surface area contributed by atoms with E-state index in [0.29, 0.717) is 5.82 Å². The molecule has 0 aliphatic rings. The molecule has 5 rings (SSSR count). The van der Waals surface area contributed by atoms with Crippen molar-refractivity contribution in [1.29, 1.82) is 0 Å². The van der Waals surface area contributed by atoms with Gasteiger partial charge in [0.2, 0.25) is 5.95 Å². The quantitative estimate of drug-likeness (QED) is 0.330. The summed E-state index contributed by atoms with van der Waals surface area (Å²) in [7, 11) is 0. The highest BCUT2D eigenvalue weighted by atomic mass is 32.1. The fraction of sp³-hybridized carbons (Fsp3) is 0.125. The molecule has 5 aromatic rings. The van der Waals surface area contributed by atoms with Gasteiger partial charge in [-0.15, -0.1) is 0 Å². The summed E-state index contributed by atoms with van der Waals surface area (Å²) in [6.45, 7) is 3.64. The van der Waals surface area contributed by atoms with E-state index in [1.165, 1.54) is 5.56 Å². The topological polar surface area (TPSA) is 71.7 Å². The summed E-state index contributed by atoms with van der Waals surface area (Å²) in [5, 5.41) is 6.18. The highest BCUT2D eigenvalue weighted by molar-refractivity contribution is 7.71. The van der Waals surface area contributed by atoms with Gasteiger partial charge in [0, 0.05) is 12.1 Å². The Morgan fingerprint density at radius 3 is 2.42 bits per heavy atom. The third-order valence-electron chi connectivity index (χ3n) is 5.22. The molecule has 0 atom stereocenters. The van der Waals surface area contributed by atoms with Crippen molar-refractivity contribution in [2.45, 2.75) is 13.5 Å². The molecule has 2 heterocycles. The third-order valence-corrected chi connectivity index (χ3v) is 5.39. The fourth-order valence-electron chi connectivity index (χ4n) is 3.79. The van der Waals surface area contributed by atoms with E-state index in [1.54, 1.807) is 0 Å². The number of nitrogens with zero attached hydrogens (tertiary/aromatic N) is 3. The molecule has 0 spiro atoms. The first-order valence-electron chi connectivity index (χ1n) is 10.2. The van der Waals surface area contributed by atoms with Crippen LogP contribution in [-0.2, 0) is 6.54 Å². The normalized spacial score (nSPS) is 11.1. The van der Waals surface area contributed by atoms with E-state index in [-0.39, 0.29) is 4.84 Å². The van der Waals surface area contributed by atoms with Gasteiger partial charge in [-0.2, -0.15) is 4.98 Å². The summed E-state index contributed by atoms with van der Waals surface area (Å²) in [5.41, 5.74) is 6.43. The maximum absolute atomic E-state index is 5.12. The Hall–Kier alpha value is -3.71. The molecule has 2 aromatic heterocycles. The average Bonchev–Trinajstić information content (AvgIpc) is 3.38. The molecule has 3 aromatic carbocycles. The smallest absolute Gasteiger partial charge is 0.314 e. The summed E-state index contributed by atoms with van der Waals surface area (Å²) in [6, 6.07) is 24.9. The van der Waals surface area contributed by atoms with Gasteiger partial charge in [-0.3, -0.25) is 0 Å². The summed E-state index contributed by atoms with van der Waals surface area (Å²) in [4.78, 5) is 9.20. The van der Waals surface area contributed by atoms with E-state index in [9.17, 15) is 0 Å². The molecule has 0 fully saturated rings. The van der Waals surface area contributed by atoms with Crippen LogP contribution >= 0.6 is 12.2 Å². The first-order chi connectivity index (χ1) is 15.2. The summed E-state index contributed by atoms with van der Waals surface area (Å²) < 4.78 is 7.34.